The van der Waals surface area contributed by atoms with Crippen LogP contribution >= 0.6 is 11.6 Å². The lowest BCUT2D eigenvalue weighted by Gasteiger charge is -2.34. The number of alkyl halides is 3. The molecule has 0 saturated carbocycles. The summed E-state index contributed by atoms with van der Waals surface area (Å²) in [6.07, 6.45) is -1.87. The largest absolute Gasteiger partial charge is 0.417 e. The average molecular weight is 500 g/mol. The third kappa shape index (κ3) is 4.72. The van der Waals surface area contributed by atoms with Crippen LogP contribution < -0.4 is 0 Å². The molecular formula is C20H17ClF3N5O3S. The number of sulfonamides is 1. The number of nitrogens with zero attached hydrogens (tertiary/aromatic N) is 5. The molecule has 0 aliphatic carbocycles. The van der Waals surface area contributed by atoms with E-state index in [1.165, 1.54) is 17.6 Å². The number of rotatable bonds is 4. The van der Waals surface area contributed by atoms with E-state index in [0.29, 0.717) is 11.6 Å². The predicted octanol–water partition coefficient (Wildman–Crippen LogP) is 3.09. The van der Waals surface area contributed by atoms with Crippen LogP contribution in [0.4, 0.5) is 13.2 Å². The molecule has 1 saturated heterocycles. The number of amides is 1. The topological polar surface area (TPSA) is 88.4 Å². The molecule has 1 aliphatic rings. The van der Waals surface area contributed by atoms with Gasteiger partial charge in [0.05, 0.1) is 21.2 Å². The maximum Gasteiger partial charge on any atom is 0.417 e. The lowest BCUT2D eigenvalue weighted by atomic mass is 10.1. The number of carbonyl (C=O) groups is 1. The van der Waals surface area contributed by atoms with E-state index in [4.69, 9.17) is 11.6 Å². The second kappa shape index (κ2) is 8.76. The van der Waals surface area contributed by atoms with Crippen molar-refractivity contribution in [1.29, 1.82) is 0 Å². The molecule has 0 N–H and O–H groups in total. The van der Waals surface area contributed by atoms with Crippen LogP contribution in [0.5, 0.6) is 0 Å². The first-order valence-electron chi connectivity index (χ1n) is 9.68. The van der Waals surface area contributed by atoms with Crippen molar-refractivity contribution in [3.8, 4) is 5.69 Å². The zero-order valence-electron chi connectivity index (χ0n) is 16.9. The van der Waals surface area contributed by atoms with Gasteiger partial charge in [-0.1, -0.05) is 11.6 Å². The summed E-state index contributed by atoms with van der Waals surface area (Å²) >= 11 is 5.59. The van der Waals surface area contributed by atoms with Gasteiger partial charge in [0.2, 0.25) is 10.0 Å². The summed E-state index contributed by atoms with van der Waals surface area (Å²) in [5.74, 6) is -0.275. The lowest BCUT2D eigenvalue weighted by Crippen LogP contribution is -2.50. The van der Waals surface area contributed by atoms with Gasteiger partial charge in [-0.15, -0.1) is 0 Å². The minimum Gasteiger partial charge on any atom is -0.336 e. The van der Waals surface area contributed by atoms with Crippen LogP contribution in [-0.4, -0.2) is 64.5 Å². The van der Waals surface area contributed by atoms with Gasteiger partial charge in [0.1, 0.15) is 12.7 Å². The van der Waals surface area contributed by atoms with Crippen molar-refractivity contribution >= 4 is 27.5 Å². The molecule has 4 rings (SSSR count). The summed E-state index contributed by atoms with van der Waals surface area (Å²) in [5.41, 5.74) is -0.0720. The van der Waals surface area contributed by atoms with Gasteiger partial charge < -0.3 is 4.90 Å². The van der Waals surface area contributed by atoms with Crippen molar-refractivity contribution in [3.05, 3.63) is 71.3 Å². The Hall–Kier alpha value is -2.96. The molecule has 0 spiro atoms. The Morgan fingerprint density at radius 1 is 1.00 bits per heavy atom. The molecule has 8 nitrogen and oxygen atoms in total. The molecule has 1 aliphatic heterocycles. The molecule has 0 atom stereocenters. The number of halogens is 4. The van der Waals surface area contributed by atoms with E-state index in [2.05, 4.69) is 10.1 Å². The predicted molar refractivity (Wildman–Crippen MR) is 112 cm³/mol. The average Bonchev–Trinajstić information content (AvgIpc) is 3.33. The lowest BCUT2D eigenvalue weighted by molar-refractivity contribution is -0.137. The summed E-state index contributed by atoms with van der Waals surface area (Å²) in [5, 5.41) is 3.43. The highest BCUT2D eigenvalue weighted by Crippen LogP contribution is 2.36. The zero-order valence-corrected chi connectivity index (χ0v) is 18.5. The molecule has 33 heavy (non-hydrogen) atoms. The minimum absolute atomic E-state index is 0.0465. The molecular weight excluding hydrogens is 483 g/mol. The van der Waals surface area contributed by atoms with Crippen LogP contribution in [0, 0.1) is 0 Å². The quantitative estimate of drug-likeness (QED) is 0.550. The van der Waals surface area contributed by atoms with E-state index in [0.717, 1.165) is 22.1 Å². The number of benzene rings is 2. The standard InChI is InChI=1S/C20H17ClF3N5O3S/c21-18-6-5-16(11-17(18)20(22,23)24)33(31,32)28-9-7-27(8-10-28)19(30)14-1-3-15(4-2-14)29-13-25-12-26-29/h1-6,11-13H,7-10H2. The monoisotopic (exact) mass is 499 g/mol. The van der Waals surface area contributed by atoms with Crippen LogP contribution in [0.25, 0.3) is 5.69 Å². The van der Waals surface area contributed by atoms with Gasteiger partial charge in [-0.3, -0.25) is 4.79 Å². The van der Waals surface area contributed by atoms with Crippen molar-refractivity contribution < 1.29 is 26.4 Å². The van der Waals surface area contributed by atoms with Crippen molar-refractivity contribution in [2.24, 2.45) is 0 Å². The van der Waals surface area contributed by atoms with E-state index in [1.807, 2.05) is 0 Å². The Kier molecular flexibility index (Phi) is 6.16. The Bertz CT molecular complexity index is 1260. The highest BCUT2D eigenvalue weighted by molar-refractivity contribution is 7.89. The van der Waals surface area contributed by atoms with Gasteiger partial charge in [-0.25, -0.2) is 18.1 Å². The highest BCUT2D eigenvalue weighted by Gasteiger charge is 2.36. The summed E-state index contributed by atoms with van der Waals surface area (Å²) in [7, 11) is -4.18. The first-order valence-corrected chi connectivity index (χ1v) is 11.5. The number of aromatic nitrogens is 3. The van der Waals surface area contributed by atoms with Crippen LogP contribution in [0.1, 0.15) is 15.9 Å². The maximum atomic E-state index is 13.1. The van der Waals surface area contributed by atoms with Crippen LogP contribution in [-0.2, 0) is 16.2 Å². The van der Waals surface area contributed by atoms with Crippen molar-refractivity contribution in [2.45, 2.75) is 11.1 Å². The summed E-state index contributed by atoms with van der Waals surface area (Å²) in [6.45, 7) is 0.107. The Balaban J connectivity index is 1.44. The summed E-state index contributed by atoms with van der Waals surface area (Å²) in [4.78, 5) is 17.7. The maximum absolute atomic E-state index is 13.1. The van der Waals surface area contributed by atoms with E-state index in [-0.39, 0.29) is 32.1 Å². The van der Waals surface area contributed by atoms with Crippen LogP contribution in [0.2, 0.25) is 5.02 Å². The Morgan fingerprint density at radius 3 is 2.24 bits per heavy atom. The second-order valence-electron chi connectivity index (χ2n) is 7.22. The SMILES string of the molecule is O=C(c1ccc(-n2cncn2)cc1)N1CCN(S(=O)(=O)c2ccc(Cl)c(C(F)(F)F)c2)CC1. The van der Waals surface area contributed by atoms with Gasteiger partial charge in [0.15, 0.2) is 0 Å². The van der Waals surface area contributed by atoms with Gasteiger partial charge in [-0.05, 0) is 42.5 Å². The van der Waals surface area contributed by atoms with E-state index >= 15 is 0 Å². The normalized spacial score (nSPS) is 15.6. The zero-order chi connectivity index (χ0) is 23.8. The first-order chi connectivity index (χ1) is 15.6. The van der Waals surface area contributed by atoms with E-state index in [9.17, 15) is 26.4 Å². The van der Waals surface area contributed by atoms with E-state index < -0.39 is 31.7 Å². The molecule has 0 bridgehead atoms. The fourth-order valence-electron chi connectivity index (χ4n) is 3.44. The fraction of sp³-hybridized carbons (Fsp3) is 0.250. The molecule has 13 heteroatoms. The molecule has 2 heterocycles. The smallest absolute Gasteiger partial charge is 0.336 e. The van der Waals surface area contributed by atoms with Gasteiger partial charge in [0, 0.05) is 31.7 Å². The fourth-order valence-corrected chi connectivity index (χ4v) is 5.12. The Labute approximate surface area is 192 Å². The highest BCUT2D eigenvalue weighted by atomic mass is 35.5. The third-order valence-electron chi connectivity index (χ3n) is 5.20. The number of piperazine rings is 1. The molecule has 3 aromatic rings. The van der Waals surface area contributed by atoms with Gasteiger partial charge in [0.25, 0.3) is 5.91 Å². The minimum atomic E-state index is -4.78. The molecule has 0 unspecified atom stereocenters. The van der Waals surface area contributed by atoms with Crippen molar-refractivity contribution in [3.63, 3.8) is 0 Å². The molecule has 2 aromatic carbocycles. The summed E-state index contributed by atoms with van der Waals surface area (Å²) < 4.78 is 67.7. The van der Waals surface area contributed by atoms with Gasteiger partial charge >= 0.3 is 6.18 Å². The molecule has 1 aromatic heterocycles. The first kappa shape index (κ1) is 23.2. The van der Waals surface area contributed by atoms with Crippen LogP contribution in [0.15, 0.2) is 60.0 Å². The van der Waals surface area contributed by atoms with Crippen LogP contribution in [0.3, 0.4) is 0 Å². The number of hydrogen-bond donors (Lipinski definition) is 0. The van der Waals surface area contributed by atoms with Gasteiger partial charge in [-0.2, -0.15) is 22.6 Å². The van der Waals surface area contributed by atoms with Crippen molar-refractivity contribution in [1.82, 2.24) is 24.0 Å². The Morgan fingerprint density at radius 2 is 1.67 bits per heavy atom. The second-order valence-corrected chi connectivity index (χ2v) is 9.57. The third-order valence-corrected chi connectivity index (χ3v) is 7.43. The number of hydrogen-bond acceptors (Lipinski definition) is 5. The molecule has 1 fully saturated rings. The van der Waals surface area contributed by atoms with E-state index in [1.54, 1.807) is 28.9 Å². The van der Waals surface area contributed by atoms with Crippen molar-refractivity contribution in [2.75, 3.05) is 26.2 Å². The molecule has 0 radical (unpaired) electrons. The number of carbonyl (C=O) groups excluding carboxylic acids is 1. The summed E-state index contributed by atoms with van der Waals surface area (Å²) in [6, 6.07) is 9.18. The molecule has 1 amide bonds. The molecule has 174 valence electrons.